The highest BCUT2D eigenvalue weighted by atomic mass is 16.2. The Morgan fingerprint density at radius 3 is 2.30 bits per heavy atom. The number of rotatable bonds is 5. The van der Waals surface area contributed by atoms with E-state index >= 15 is 0 Å². The summed E-state index contributed by atoms with van der Waals surface area (Å²) in [7, 11) is 0. The van der Waals surface area contributed by atoms with E-state index in [4.69, 9.17) is 0 Å². The van der Waals surface area contributed by atoms with Crippen LogP contribution in [0, 0.1) is 0 Å². The maximum absolute atomic E-state index is 12.0. The van der Waals surface area contributed by atoms with Gasteiger partial charge in [0, 0.05) is 5.56 Å². The van der Waals surface area contributed by atoms with Gasteiger partial charge in [0.25, 0.3) is 5.91 Å². The van der Waals surface area contributed by atoms with E-state index in [1.165, 1.54) is 11.1 Å². The number of hydrazine groups is 1. The van der Waals surface area contributed by atoms with E-state index in [-0.39, 0.29) is 5.91 Å². The normalized spacial score (nSPS) is 10.1. The van der Waals surface area contributed by atoms with Gasteiger partial charge in [-0.15, -0.1) is 0 Å². The highest BCUT2D eigenvalue weighted by Crippen LogP contribution is 2.14. The van der Waals surface area contributed by atoms with Crippen LogP contribution < -0.4 is 10.9 Å². The Bertz CT molecular complexity index is 576. The fourth-order valence-corrected chi connectivity index (χ4v) is 2.04. The molecule has 0 aliphatic carbocycles. The molecule has 3 nitrogen and oxygen atoms in total. The molecule has 2 N–H and O–H groups in total. The van der Waals surface area contributed by atoms with Gasteiger partial charge in [-0.3, -0.25) is 15.6 Å². The van der Waals surface area contributed by atoms with Crippen LogP contribution in [0.3, 0.4) is 0 Å². The molecule has 3 heteroatoms. The van der Waals surface area contributed by atoms with Crippen LogP contribution >= 0.6 is 0 Å². The second-order valence-corrected chi connectivity index (χ2v) is 4.64. The molecule has 1 amide bonds. The van der Waals surface area contributed by atoms with Gasteiger partial charge in [0.15, 0.2) is 0 Å². The minimum atomic E-state index is -0.126. The molecule has 0 fully saturated rings. The third-order valence-corrected chi connectivity index (χ3v) is 3.33. The quantitative estimate of drug-likeness (QED) is 0.814. The number of carbonyl (C=O) groups is 1. The van der Waals surface area contributed by atoms with Crippen molar-refractivity contribution in [3.05, 3.63) is 65.2 Å². The molecule has 0 saturated carbocycles. The third kappa shape index (κ3) is 3.38. The van der Waals surface area contributed by atoms with Crippen molar-refractivity contribution in [3.8, 4) is 0 Å². The number of nitrogens with one attached hydrogen (secondary N) is 2. The molecule has 104 valence electrons. The average Bonchev–Trinajstić information content (AvgIpc) is 2.53. The summed E-state index contributed by atoms with van der Waals surface area (Å²) >= 11 is 0. The number of para-hydroxylation sites is 1. The number of benzene rings is 2. The van der Waals surface area contributed by atoms with Gasteiger partial charge in [0.05, 0.1) is 5.69 Å². The Kier molecular flexibility index (Phi) is 4.77. The van der Waals surface area contributed by atoms with E-state index in [1.807, 2.05) is 48.5 Å². The zero-order valence-electron chi connectivity index (χ0n) is 11.9. The molecule has 0 bridgehead atoms. The van der Waals surface area contributed by atoms with E-state index in [2.05, 4.69) is 24.7 Å². The molecule has 2 rings (SSSR count). The minimum absolute atomic E-state index is 0.126. The van der Waals surface area contributed by atoms with Crippen LogP contribution in [-0.4, -0.2) is 5.91 Å². The molecule has 2 aromatic carbocycles. The molecular weight excluding hydrogens is 248 g/mol. The average molecular weight is 268 g/mol. The predicted molar refractivity (Wildman–Crippen MR) is 82.7 cm³/mol. The van der Waals surface area contributed by atoms with Crippen molar-refractivity contribution >= 4 is 11.6 Å². The van der Waals surface area contributed by atoms with Gasteiger partial charge in [-0.2, -0.15) is 0 Å². The highest BCUT2D eigenvalue weighted by Gasteiger charge is 2.05. The molecule has 0 spiro atoms. The Labute approximate surface area is 120 Å². The molecule has 0 atom stereocenters. The van der Waals surface area contributed by atoms with Gasteiger partial charge in [0.1, 0.15) is 0 Å². The second kappa shape index (κ2) is 6.75. The van der Waals surface area contributed by atoms with Crippen LogP contribution in [0.15, 0.2) is 48.5 Å². The van der Waals surface area contributed by atoms with Crippen molar-refractivity contribution in [1.82, 2.24) is 5.43 Å². The van der Waals surface area contributed by atoms with Gasteiger partial charge >= 0.3 is 0 Å². The second-order valence-electron chi connectivity index (χ2n) is 4.64. The summed E-state index contributed by atoms with van der Waals surface area (Å²) in [6, 6.07) is 15.6. The summed E-state index contributed by atoms with van der Waals surface area (Å²) in [5, 5.41) is 0. The van der Waals surface area contributed by atoms with E-state index in [1.54, 1.807) is 0 Å². The number of anilines is 1. The SMILES string of the molecule is CCc1ccc(C(=O)NNc2ccccc2CC)cc1. The lowest BCUT2D eigenvalue weighted by atomic mass is 10.1. The first-order chi connectivity index (χ1) is 9.74. The van der Waals surface area contributed by atoms with Gasteiger partial charge in [0.2, 0.25) is 0 Å². The maximum Gasteiger partial charge on any atom is 0.269 e. The lowest BCUT2D eigenvalue weighted by Gasteiger charge is -2.12. The maximum atomic E-state index is 12.0. The standard InChI is InChI=1S/C17H20N2O/c1-3-13-9-11-15(12-10-13)17(20)19-18-16-8-6-5-7-14(16)4-2/h5-12,18H,3-4H2,1-2H3,(H,19,20). The summed E-state index contributed by atoms with van der Waals surface area (Å²) < 4.78 is 0. The van der Waals surface area contributed by atoms with E-state index < -0.39 is 0 Å². The topological polar surface area (TPSA) is 41.1 Å². The number of aryl methyl sites for hydroxylation is 2. The van der Waals surface area contributed by atoms with Crippen LogP contribution in [0.2, 0.25) is 0 Å². The largest absolute Gasteiger partial charge is 0.298 e. The number of amides is 1. The first-order valence-electron chi connectivity index (χ1n) is 6.97. The van der Waals surface area contributed by atoms with Gasteiger partial charge in [-0.05, 0) is 42.2 Å². The van der Waals surface area contributed by atoms with Gasteiger partial charge in [-0.1, -0.05) is 44.2 Å². The van der Waals surface area contributed by atoms with E-state index in [0.717, 1.165) is 18.5 Å². The number of carbonyl (C=O) groups excluding carboxylic acids is 1. The molecule has 2 aromatic rings. The fraction of sp³-hybridized carbons (Fsp3) is 0.235. The highest BCUT2D eigenvalue weighted by molar-refractivity contribution is 5.94. The molecule has 20 heavy (non-hydrogen) atoms. The molecule has 0 heterocycles. The number of hydrogen-bond acceptors (Lipinski definition) is 2. The van der Waals surface area contributed by atoms with Crippen LogP contribution in [0.5, 0.6) is 0 Å². The van der Waals surface area contributed by atoms with Crippen LogP contribution in [0.4, 0.5) is 5.69 Å². The Morgan fingerprint density at radius 1 is 0.950 bits per heavy atom. The van der Waals surface area contributed by atoms with E-state index in [0.29, 0.717) is 5.56 Å². The van der Waals surface area contributed by atoms with Crippen molar-refractivity contribution in [2.24, 2.45) is 0 Å². The molecule has 0 saturated heterocycles. The third-order valence-electron chi connectivity index (χ3n) is 3.33. The minimum Gasteiger partial charge on any atom is -0.298 e. The zero-order chi connectivity index (χ0) is 14.4. The van der Waals surface area contributed by atoms with E-state index in [9.17, 15) is 4.79 Å². The fourth-order valence-electron chi connectivity index (χ4n) is 2.04. The van der Waals surface area contributed by atoms with Gasteiger partial charge < -0.3 is 0 Å². The summed E-state index contributed by atoms with van der Waals surface area (Å²) in [5.74, 6) is -0.126. The monoisotopic (exact) mass is 268 g/mol. The van der Waals surface area contributed by atoms with Crippen LogP contribution in [0.1, 0.15) is 35.3 Å². The van der Waals surface area contributed by atoms with Crippen molar-refractivity contribution < 1.29 is 4.79 Å². The van der Waals surface area contributed by atoms with Gasteiger partial charge in [-0.25, -0.2) is 0 Å². The predicted octanol–water partition coefficient (Wildman–Crippen LogP) is 3.57. The first-order valence-corrected chi connectivity index (χ1v) is 6.97. The molecule has 0 unspecified atom stereocenters. The zero-order valence-corrected chi connectivity index (χ0v) is 11.9. The lowest BCUT2D eigenvalue weighted by Crippen LogP contribution is -2.29. The number of hydrogen-bond donors (Lipinski definition) is 2. The molecule has 0 radical (unpaired) electrons. The Morgan fingerprint density at radius 2 is 1.65 bits per heavy atom. The Balaban J connectivity index is 2.01. The van der Waals surface area contributed by atoms with Crippen molar-refractivity contribution in [1.29, 1.82) is 0 Å². The molecular formula is C17H20N2O. The lowest BCUT2D eigenvalue weighted by molar-refractivity contribution is 0.0962. The van der Waals surface area contributed by atoms with Crippen LogP contribution in [-0.2, 0) is 12.8 Å². The summed E-state index contributed by atoms with van der Waals surface area (Å²) in [6.45, 7) is 4.18. The Hall–Kier alpha value is -2.29. The molecule has 0 aliphatic heterocycles. The molecule has 0 aromatic heterocycles. The smallest absolute Gasteiger partial charge is 0.269 e. The van der Waals surface area contributed by atoms with Crippen molar-refractivity contribution in [3.63, 3.8) is 0 Å². The summed E-state index contributed by atoms with van der Waals surface area (Å²) in [4.78, 5) is 12.0. The first kappa shape index (κ1) is 14.1. The van der Waals surface area contributed by atoms with Crippen LogP contribution in [0.25, 0.3) is 0 Å². The summed E-state index contributed by atoms with van der Waals surface area (Å²) in [6.07, 6.45) is 1.90. The molecule has 0 aliphatic rings. The summed E-state index contributed by atoms with van der Waals surface area (Å²) in [5.41, 5.74) is 9.73. The van der Waals surface area contributed by atoms with Crippen molar-refractivity contribution in [2.45, 2.75) is 26.7 Å². The van der Waals surface area contributed by atoms with Crippen molar-refractivity contribution in [2.75, 3.05) is 5.43 Å².